The summed E-state index contributed by atoms with van der Waals surface area (Å²) in [5.74, 6) is 0. The third-order valence-electron chi connectivity index (χ3n) is 7.47. The molecule has 0 N–H and O–H groups in total. The molecule has 0 fully saturated rings. The summed E-state index contributed by atoms with van der Waals surface area (Å²) < 4.78 is 8.49. The number of aromatic nitrogens is 2. The second-order valence-corrected chi connectivity index (χ2v) is 23.3. The molecule has 0 saturated heterocycles. The molecule has 2 aromatic heterocycles. The van der Waals surface area contributed by atoms with E-state index < -0.39 is 18.4 Å². The Morgan fingerprint density at radius 2 is 1.33 bits per heavy atom. The van der Waals surface area contributed by atoms with Crippen molar-refractivity contribution in [2.24, 2.45) is 0 Å². The summed E-state index contributed by atoms with van der Waals surface area (Å²) in [6.45, 7) is 9.37. The van der Waals surface area contributed by atoms with Crippen molar-refractivity contribution in [1.29, 1.82) is 0 Å². The molecule has 0 spiro atoms. The average molecular weight is 553 g/mol. The molecule has 0 aliphatic heterocycles. The van der Waals surface area contributed by atoms with Crippen LogP contribution in [0.25, 0.3) is 5.52 Å². The zero-order valence-electron chi connectivity index (χ0n) is 21.7. The molecule has 0 aliphatic rings. The van der Waals surface area contributed by atoms with E-state index in [-0.39, 0.29) is 0 Å². The maximum atomic E-state index is 4.93. The summed E-state index contributed by atoms with van der Waals surface area (Å²) in [7, 11) is 0. The Hall–Kier alpha value is -1.29. The topological polar surface area (TPSA) is 17.3 Å². The van der Waals surface area contributed by atoms with Crippen LogP contribution in [-0.2, 0) is 12.8 Å². The molecule has 1 aromatic carbocycles. The Morgan fingerprint density at radius 1 is 0.727 bits per heavy atom. The molecule has 3 rings (SSSR count). The van der Waals surface area contributed by atoms with Crippen molar-refractivity contribution in [3.8, 4) is 0 Å². The van der Waals surface area contributed by atoms with E-state index >= 15 is 0 Å². The first kappa shape index (κ1) is 26.3. The van der Waals surface area contributed by atoms with Crippen molar-refractivity contribution in [1.82, 2.24) is 9.61 Å². The van der Waals surface area contributed by atoms with Crippen LogP contribution in [0.4, 0.5) is 0 Å². The second kappa shape index (κ2) is 13.6. The fourth-order valence-corrected chi connectivity index (χ4v) is 21.3. The summed E-state index contributed by atoms with van der Waals surface area (Å²) in [6.07, 6.45) is 14.9. The van der Waals surface area contributed by atoms with Gasteiger partial charge in [-0.3, -0.25) is 0 Å². The number of nitrogens with zero attached hydrogens (tertiary/aromatic N) is 2. The van der Waals surface area contributed by atoms with Crippen molar-refractivity contribution in [3.05, 3.63) is 65.5 Å². The molecule has 2 heterocycles. The predicted octanol–water partition coefficient (Wildman–Crippen LogP) is 8.32. The molecule has 0 aliphatic carbocycles. The van der Waals surface area contributed by atoms with Crippen LogP contribution in [0.2, 0.25) is 13.3 Å². The number of fused-ring (bicyclic) bond motifs is 1. The number of aryl methyl sites for hydroxylation is 1. The van der Waals surface area contributed by atoms with E-state index in [9.17, 15) is 0 Å². The molecule has 0 atom stereocenters. The van der Waals surface area contributed by atoms with Crippen LogP contribution in [-0.4, -0.2) is 28.0 Å². The predicted molar refractivity (Wildman–Crippen MR) is 148 cm³/mol. The van der Waals surface area contributed by atoms with Gasteiger partial charge < -0.3 is 0 Å². The van der Waals surface area contributed by atoms with Crippen LogP contribution in [0, 0.1) is 0 Å². The molecule has 3 aromatic rings. The first-order chi connectivity index (χ1) is 16.2. The molecule has 3 heteroatoms. The Balaban J connectivity index is 1.89. The Labute approximate surface area is 207 Å². The Kier molecular flexibility index (Phi) is 10.8. The fourth-order valence-electron chi connectivity index (χ4n) is 5.37. The summed E-state index contributed by atoms with van der Waals surface area (Å²) in [5.41, 5.74) is 5.43. The Bertz CT molecular complexity index is 935. The van der Waals surface area contributed by atoms with Gasteiger partial charge in [-0.05, 0) is 0 Å². The molecule has 0 saturated carbocycles. The van der Waals surface area contributed by atoms with Gasteiger partial charge in [0, 0.05) is 0 Å². The van der Waals surface area contributed by atoms with Gasteiger partial charge in [0.25, 0.3) is 0 Å². The molecule has 180 valence electrons. The average Bonchev–Trinajstić information content (AvgIpc) is 3.20. The molecule has 0 amide bonds. The van der Waals surface area contributed by atoms with Crippen LogP contribution in [0.15, 0.2) is 48.7 Å². The van der Waals surface area contributed by atoms with Crippen molar-refractivity contribution in [3.63, 3.8) is 0 Å². The molecular formula is C30H46N2Sn. The van der Waals surface area contributed by atoms with E-state index in [1.807, 2.05) is 0 Å². The number of rotatable bonds is 15. The van der Waals surface area contributed by atoms with Gasteiger partial charge in [0.2, 0.25) is 0 Å². The molecule has 33 heavy (non-hydrogen) atoms. The van der Waals surface area contributed by atoms with Crippen LogP contribution < -0.4 is 3.58 Å². The van der Waals surface area contributed by atoms with E-state index in [0.717, 1.165) is 12.8 Å². The van der Waals surface area contributed by atoms with E-state index in [1.165, 1.54) is 73.7 Å². The van der Waals surface area contributed by atoms with Gasteiger partial charge in [0.1, 0.15) is 0 Å². The van der Waals surface area contributed by atoms with E-state index in [1.54, 1.807) is 16.9 Å². The zero-order valence-corrected chi connectivity index (χ0v) is 24.6. The molecule has 0 bridgehead atoms. The molecular weight excluding hydrogens is 507 g/mol. The maximum absolute atomic E-state index is 4.93. The summed E-state index contributed by atoms with van der Waals surface area (Å²) >= 11 is -2.34. The van der Waals surface area contributed by atoms with Crippen molar-refractivity contribution >= 4 is 27.5 Å². The number of pyridine rings is 1. The number of benzene rings is 1. The minimum atomic E-state index is -2.34. The summed E-state index contributed by atoms with van der Waals surface area (Å²) in [6, 6.07) is 16.5. The number of hydrogen-bond acceptors (Lipinski definition) is 1. The zero-order chi connectivity index (χ0) is 23.5. The third kappa shape index (κ3) is 6.87. The van der Waals surface area contributed by atoms with Crippen molar-refractivity contribution < 1.29 is 0 Å². The van der Waals surface area contributed by atoms with Gasteiger partial charge >= 0.3 is 208 Å². The summed E-state index contributed by atoms with van der Waals surface area (Å²) in [5, 5.41) is 4.93. The second-order valence-electron chi connectivity index (χ2n) is 10.0. The van der Waals surface area contributed by atoms with Crippen LogP contribution >= 0.6 is 0 Å². The van der Waals surface area contributed by atoms with Gasteiger partial charge in [-0.25, -0.2) is 0 Å². The normalized spacial score (nSPS) is 12.0. The monoisotopic (exact) mass is 554 g/mol. The fraction of sp³-hybridized carbons (Fsp3) is 0.567. The Morgan fingerprint density at radius 3 is 1.91 bits per heavy atom. The van der Waals surface area contributed by atoms with Gasteiger partial charge in [-0.15, -0.1) is 0 Å². The van der Waals surface area contributed by atoms with Crippen LogP contribution in [0.5, 0.6) is 0 Å². The van der Waals surface area contributed by atoms with Gasteiger partial charge in [-0.1, -0.05) is 0 Å². The van der Waals surface area contributed by atoms with E-state index in [0.29, 0.717) is 0 Å². The van der Waals surface area contributed by atoms with Gasteiger partial charge in [-0.2, -0.15) is 0 Å². The number of unbranched alkanes of at least 4 members (excludes halogenated alkanes) is 4. The van der Waals surface area contributed by atoms with Gasteiger partial charge in [0.15, 0.2) is 0 Å². The van der Waals surface area contributed by atoms with Gasteiger partial charge in [0.05, 0.1) is 0 Å². The molecule has 0 radical (unpaired) electrons. The quantitative estimate of drug-likeness (QED) is 0.173. The SMILES string of the molecule is CCCCc1nn2ccccc2c1Cc1cc[c]([Sn]([CH2]CCC)([CH2]CCC)[CH2]CCC)cc1. The molecule has 2 nitrogen and oxygen atoms in total. The van der Waals surface area contributed by atoms with E-state index in [4.69, 9.17) is 5.10 Å². The summed E-state index contributed by atoms with van der Waals surface area (Å²) in [4.78, 5) is 0. The minimum absolute atomic E-state index is 0.994. The first-order valence-corrected chi connectivity index (χ1v) is 21.2. The number of hydrogen-bond donors (Lipinski definition) is 0. The van der Waals surface area contributed by atoms with Crippen molar-refractivity contribution in [2.45, 2.75) is 105 Å². The van der Waals surface area contributed by atoms with Crippen LogP contribution in [0.3, 0.4) is 0 Å². The first-order valence-electron chi connectivity index (χ1n) is 13.7. The van der Waals surface area contributed by atoms with Crippen LogP contribution in [0.1, 0.15) is 95.9 Å². The van der Waals surface area contributed by atoms with E-state index in [2.05, 4.69) is 80.9 Å². The standard InChI is InChI=1S/C18H19N2.3C4H9.Sn/c1-2-3-11-17-16(14-15-9-5-4-6-10-15)18-12-7-8-13-20(18)19-17;3*1-3-4-2;/h5-10,12-13H,2-3,11,14H2,1H3;3*1,3-4H2,2H3;. The van der Waals surface area contributed by atoms with Crippen molar-refractivity contribution in [2.75, 3.05) is 0 Å². The third-order valence-corrected chi connectivity index (χ3v) is 23.1. The molecule has 0 unspecified atom stereocenters.